The first-order valence-corrected chi connectivity index (χ1v) is 11.3. The molecule has 1 unspecified atom stereocenters. The molecule has 2 heterocycles. The number of benzene rings is 3. The van der Waals surface area contributed by atoms with Crippen LogP contribution in [-0.2, 0) is 17.9 Å². The van der Waals surface area contributed by atoms with Crippen LogP contribution in [0, 0.1) is 6.92 Å². The van der Waals surface area contributed by atoms with Gasteiger partial charge >= 0.3 is 0 Å². The smallest absolute Gasteiger partial charge is 0.248 e. The molecule has 0 radical (unpaired) electrons. The number of aromatic nitrogens is 3. The Kier molecular flexibility index (Phi) is 5.94. The van der Waals surface area contributed by atoms with E-state index in [1.165, 1.54) is 0 Å². The second-order valence-corrected chi connectivity index (χ2v) is 8.85. The van der Waals surface area contributed by atoms with E-state index in [0.717, 1.165) is 38.6 Å². The molecule has 0 bridgehead atoms. The van der Waals surface area contributed by atoms with Crippen molar-refractivity contribution in [2.75, 3.05) is 0 Å². The number of aryl methyl sites for hydroxylation is 1. The van der Waals surface area contributed by atoms with Gasteiger partial charge in [0.05, 0.1) is 36.0 Å². The van der Waals surface area contributed by atoms with Crippen LogP contribution in [0.3, 0.4) is 0 Å². The molecule has 0 aliphatic heterocycles. The van der Waals surface area contributed by atoms with E-state index in [1.807, 2.05) is 60.0 Å². The summed E-state index contributed by atoms with van der Waals surface area (Å²) in [6, 6.07) is 20.9. The normalized spacial score (nSPS) is 12.5. The molecule has 0 aliphatic rings. The number of fused-ring (bicyclic) bond motifs is 2. The van der Waals surface area contributed by atoms with Gasteiger partial charge in [-0.1, -0.05) is 59.6 Å². The van der Waals surface area contributed by atoms with E-state index in [1.54, 1.807) is 24.5 Å². The molecule has 166 valence electrons. The summed E-state index contributed by atoms with van der Waals surface area (Å²) < 4.78 is 8.48. The van der Waals surface area contributed by atoms with Crippen LogP contribution in [0.2, 0.25) is 10.0 Å². The maximum Gasteiger partial charge on any atom is 0.248 e. The Bertz CT molecular complexity index is 1520. The molecular weight excluding hydrogens is 457 g/mol. The minimum absolute atomic E-state index is 0.155. The number of hydrogen-bond donors (Lipinski definition) is 1. The van der Waals surface area contributed by atoms with Gasteiger partial charge in [-0.2, -0.15) is 0 Å². The zero-order valence-corrected chi connectivity index (χ0v) is 19.4. The van der Waals surface area contributed by atoms with E-state index in [-0.39, 0.29) is 18.3 Å². The largest absolute Gasteiger partial charge is 0.367 e. The van der Waals surface area contributed by atoms with Crippen LogP contribution in [-0.4, -0.2) is 14.5 Å². The molecule has 0 amide bonds. The summed E-state index contributed by atoms with van der Waals surface area (Å²) in [7, 11) is 0. The third-order valence-corrected chi connectivity index (χ3v) is 6.37. The molecule has 0 spiro atoms. The third kappa shape index (κ3) is 4.40. The summed E-state index contributed by atoms with van der Waals surface area (Å²) in [4.78, 5) is 19.7. The second-order valence-electron chi connectivity index (χ2n) is 8.01. The lowest BCUT2D eigenvalue weighted by molar-refractivity contribution is 0.0293. The Morgan fingerprint density at radius 1 is 1.06 bits per heavy atom. The number of imidazole rings is 1. The first kappa shape index (κ1) is 21.7. The zero-order valence-electron chi connectivity index (χ0n) is 17.9. The predicted octanol–water partition coefficient (Wildman–Crippen LogP) is 6.45. The topological polar surface area (TPSA) is 59.9 Å². The number of rotatable bonds is 6. The van der Waals surface area contributed by atoms with E-state index in [0.29, 0.717) is 16.6 Å². The van der Waals surface area contributed by atoms with Crippen LogP contribution in [0.5, 0.6) is 0 Å². The van der Waals surface area contributed by atoms with Gasteiger partial charge in [-0.25, -0.2) is 4.98 Å². The minimum Gasteiger partial charge on any atom is -0.367 e. The molecule has 5 aromatic rings. The van der Waals surface area contributed by atoms with Gasteiger partial charge in [-0.3, -0.25) is 4.79 Å². The molecule has 0 fully saturated rings. The fourth-order valence-electron chi connectivity index (χ4n) is 4.14. The molecule has 3 aromatic carbocycles. The fraction of sp³-hybridized carbons (Fsp3) is 0.154. The number of nitrogens with one attached hydrogen (secondary N) is 1. The Morgan fingerprint density at radius 3 is 2.76 bits per heavy atom. The van der Waals surface area contributed by atoms with Crippen LogP contribution in [0.15, 0.2) is 77.9 Å². The highest BCUT2D eigenvalue weighted by Gasteiger charge is 2.19. The summed E-state index contributed by atoms with van der Waals surface area (Å²) >= 11 is 12.7. The van der Waals surface area contributed by atoms with Gasteiger partial charge in [-0.15, -0.1) is 0 Å². The SMILES string of the molecule is Cc1cccc2c(COC(Cn3cnc4ccccc43)c3ccc(Cl)cc3Cl)cc(=O)[nH]c12. The van der Waals surface area contributed by atoms with Crippen molar-refractivity contribution >= 4 is 45.1 Å². The lowest BCUT2D eigenvalue weighted by Crippen LogP contribution is -2.14. The van der Waals surface area contributed by atoms with Crippen molar-refractivity contribution in [2.24, 2.45) is 0 Å². The van der Waals surface area contributed by atoms with Crippen molar-refractivity contribution in [3.63, 3.8) is 0 Å². The van der Waals surface area contributed by atoms with Gasteiger partial charge in [0.1, 0.15) is 6.10 Å². The highest BCUT2D eigenvalue weighted by molar-refractivity contribution is 6.35. The molecule has 0 saturated heterocycles. The standard InChI is InChI=1S/C26H21Cl2N3O2/c1-16-5-4-6-19-17(11-25(32)30-26(16)19)14-33-24(20-10-9-18(27)12-21(20)28)13-31-15-29-22-7-2-3-8-23(22)31/h2-12,15,24H,13-14H2,1H3,(H,30,32). The average molecular weight is 478 g/mol. The molecule has 5 rings (SSSR count). The van der Waals surface area contributed by atoms with E-state index in [4.69, 9.17) is 27.9 Å². The summed E-state index contributed by atoms with van der Waals surface area (Å²) in [6.45, 7) is 2.73. The molecule has 33 heavy (non-hydrogen) atoms. The minimum atomic E-state index is -0.383. The first-order valence-electron chi connectivity index (χ1n) is 10.6. The lowest BCUT2D eigenvalue weighted by atomic mass is 10.1. The van der Waals surface area contributed by atoms with Crippen LogP contribution in [0.1, 0.15) is 22.8 Å². The van der Waals surface area contributed by atoms with E-state index >= 15 is 0 Å². The fourth-order valence-corrected chi connectivity index (χ4v) is 4.67. The Labute approximate surface area is 200 Å². The zero-order chi connectivity index (χ0) is 22.9. The number of halogens is 2. The molecule has 0 aliphatic carbocycles. The number of nitrogens with zero attached hydrogens (tertiary/aromatic N) is 2. The van der Waals surface area contributed by atoms with Crippen molar-refractivity contribution in [3.8, 4) is 0 Å². The molecule has 2 aromatic heterocycles. The van der Waals surface area contributed by atoms with Crippen molar-refractivity contribution in [3.05, 3.63) is 110 Å². The van der Waals surface area contributed by atoms with Crippen LogP contribution < -0.4 is 5.56 Å². The highest BCUT2D eigenvalue weighted by atomic mass is 35.5. The molecule has 5 nitrogen and oxygen atoms in total. The van der Waals surface area contributed by atoms with Crippen LogP contribution in [0.4, 0.5) is 0 Å². The molecular formula is C26H21Cl2N3O2. The number of para-hydroxylation sites is 3. The van der Waals surface area contributed by atoms with Gasteiger partial charge in [0.15, 0.2) is 0 Å². The molecule has 7 heteroatoms. The highest BCUT2D eigenvalue weighted by Crippen LogP contribution is 2.32. The quantitative estimate of drug-likeness (QED) is 0.305. The predicted molar refractivity (Wildman–Crippen MR) is 133 cm³/mol. The number of aromatic amines is 1. The van der Waals surface area contributed by atoms with Crippen molar-refractivity contribution in [1.29, 1.82) is 0 Å². The van der Waals surface area contributed by atoms with Crippen molar-refractivity contribution in [1.82, 2.24) is 14.5 Å². The van der Waals surface area contributed by atoms with Crippen molar-refractivity contribution < 1.29 is 4.74 Å². The molecule has 1 atom stereocenters. The van der Waals surface area contributed by atoms with E-state index < -0.39 is 0 Å². The van der Waals surface area contributed by atoms with Crippen LogP contribution >= 0.6 is 23.2 Å². The number of ether oxygens (including phenoxy) is 1. The maximum absolute atomic E-state index is 12.3. The van der Waals surface area contributed by atoms with Gasteiger partial charge in [0, 0.05) is 27.1 Å². The molecule has 1 N–H and O–H groups in total. The van der Waals surface area contributed by atoms with Gasteiger partial charge in [-0.05, 0) is 42.3 Å². The van der Waals surface area contributed by atoms with Gasteiger partial charge in [0.25, 0.3) is 0 Å². The van der Waals surface area contributed by atoms with E-state index in [9.17, 15) is 4.79 Å². The monoisotopic (exact) mass is 477 g/mol. The average Bonchev–Trinajstić information content (AvgIpc) is 3.20. The van der Waals surface area contributed by atoms with E-state index in [2.05, 4.69) is 9.97 Å². The number of pyridine rings is 1. The third-order valence-electron chi connectivity index (χ3n) is 5.81. The lowest BCUT2D eigenvalue weighted by Gasteiger charge is -2.21. The first-order chi connectivity index (χ1) is 16.0. The van der Waals surface area contributed by atoms with Crippen LogP contribution in [0.25, 0.3) is 21.9 Å². The Morgan fingerprint density at radius 2 is 1.91 bits per heavy atom. The summed E-state index contributed by atoms with van der Waals surface area (Å²) in [5.74, 6) is 0. The number of H-pyrrole nitrogens is 1. The van der Waals surface area contributed by atoms with Gasteiger partial charge in [0.2, 0.25) is 5.56 Å². The van der Waals surface area contributed by atoms with Crippen molar-refractivity contribution in [2.45, 2.75) is 26.2 Å². The second kappa shape index (κ2) is 9.02. The summed E-state index contributed by atoms with van der Waals surface area (Å²) in [5.41, 5.74) is 5.24. The maximum atomic E-state index is 12.3. The Balaban J connectivity index is 1.52. The molecule has 0 saturated carbocycles. The summed E-state index contributed by atoms with van der Waals surface area (Å²) in [6.07, 6.45) is 1.42. The Hall–Kier alpha value is -3.12. The number of hydrogen-bond acceptors (Lipinski definition) is 3. The summed E-state index contributed by atoms with van der Waals surface area (Å²) in [5, 5.41) is 2.05. The van der Waals surface area contributed by atoms with Gasteiger partial charge < -0.3 is 14.3 Å².